The zero-order chi connectivity index (χ0) is 14.4. The van der Waals surface area contributed by atoms with Crippen LogP contribution in [-0.2, 0) is 0 Å². The quantitative estimate of drug-likeness (QED) is 0.847. The minimum Gasteiger partial charge on any atom is -0.497 e. The Balaban J connectivity index is 1.97. The Morgan fingerprint density at radius 3 is 2.40 bits per heavy atom. The zero-order valence-corrected chi connectivity index (χ0v) is 11.1. The third-order valence-corrected chi connectivity index (χ3v) is 2.84. The van der Waals surface area contributed by atoms with E-state index < -0.39 is 0 Å². The van der Waals surface area contributed by atoms with Gasteiger partial charge in [0.05, 0.1) is 13.7 Å². The standard InChI is InChI=1S/C16H15NO3/c1-20-14-9-5-8-13(10-14)15(18)11-17-16(19)12-6-3-2-4-7-12/h2-10H,11H2,1H3,(H,17,19). The molecule has 0 aromatic heterocycles. The lowest BCUT2D eigenvalue weighted by Crippen LogP contribution is -2.29. The molecule has 0 heterocycles. The fraction of sp³-hybridized carbons (Fsp3) is 0.125. The van der Waals surface area contributed by atoms with E-state index in [0.29, 0.717) is 16.9 Å². The Labute approximate surface area is 117 Å². The molecule has 0 aliphatic rings. The van der Waals surface area contributed by atoms with E-state index >= 15 is 0 Å². The van der Waals surface area contributed by atoms with Crippen molar-refractivity contribution in [1.29, 1.82) is 0 Å². The molecule has 0 unspecified atom stereocenters. The molecule has 102 valence electrons. The summed E-state index contributed by atoms with van der Waals surface area (Å²) >= 11 is 0. The summed E-state index contributed by atoms with van der Waals surface area (Å²) in [5, 5.41) is 2.61. The number of hydrogen-bond acceptors (Lipinski definition) is 3. The number of nitrogens with one attached hydrogen (secondary N) is 1. The van der Waals surface area contributed by atoms with Crippen molar-refractivity contribution in [3.05, 3.63) is 65.7 Å². The van der Waals surface area contributed by atoms with Crippen LogP contribution in [0.2, 0.25) is 0 Å². The van der Waals surface area contributed by atoms with E-state index in [1.165, 1.54) is 0 Å². The molecule has 0 bridgehead atoms. The second-order valence-corrected chi connectivity index (χ2v) is 4.20. The summed E-state index contributed by atoms with van der Waals surface area (Å²) in [6.45, 7) is -0.0408. The van der Waals surface area contributed by atoms with Gasteiger partial charge >= 0.3 is 0 Å². The number of amides is 1. The predicted octanol–water partition coefficient (Wildman–Crippen LogP) is 2.31. The number of benzene rings is 2. The Morgan fingerprint density at radius 1 is 1.00 bits per heavy atom. The number of methoxy groups -OCH3 is 1. The molecular weight excluding hydrogens is 254 g/mol. The van der Waals surface area contributed by atoms with E-state index in [4.69, 9.17) is 4.74 Å². The molecule has 0 spiro atoms. The first-order valence-corrected chi connectivity index (χ1v) is 6.21. The first kappa shape index (κ1) is 13.8. The molecule has 0 saturated carbocycles. The van der Waals surface area contributed by atoms with Crippen LogP contribution in [0.5, 0.6) is 5.75 Å². The average molecular weight is 269 g/mol. The van der Waals surface area contributed by atoms with Crippen molar-refractivity contribution in [3.63, 3.8) is 0 Å². The number of hydrogen-bond donors (Lipinski definition) is 1. The van der Waals surface area contributed by atoms with Crippen molar-refractivity contribution < 1.29 is 14.3 Å². The molecule has 1 amide bonds. The van der Waals surface area contributed by atoms with Crippen LogP contribution in [0.1, 0.15) is 20.7 Å². The molecular formula is C16H15NO3. The van der Waals surface area contributed by atoms with Gasteiger partial charge in [0, 0.05) is 11.1 Å². The maximum atomic E-state index is 12.0. The first-order chi connectivity index (χ1) is 9.70. The topological polar surface area (TPSA) is 55.4 Å². The highest BCUT2D eigenvalue weighted by molar-refractivity contribution is 6.02. The number of rotatable bonds is 5. The van der Waals surface area contributed by atoms with E-state index in [1.807, 2.05) is 6.07 Å². The van der Waals surface area contributed by atoms with Crippen LogP contribution < -0.4 is 10.1 Å². The van der Waals surface area contributed by atoms with Crippen molar-refractivity contribution in [2.24, 2.45) is 0 Å². The molecule has 0 fully saturated rings. The van der Waals surface area contributed by atoms with E-state index in [2.05, 4.69) is 5.32 Å². The molecule has 2 aromatic carbocycles. The van der Waals surface area contributed by atoms with Crippen molar-refractivity contribution in [2.45, 2.75) is 0 Å². The second kappa shape index (κ2) is 6.52. The number of carbonyl (C=O) groups is 2. The Kier molecular flexibility index (Phi) is 4.50. The van der Waals surface area contributed by atoms with Crippen LogP contribution >= 0.6 is 0 Å². The van der Waals surface area contributed by atoms with Crippen molar-refractivity contribution in [1.82, 2.24) is 5.32 Å². The van der Waals surface area contributed by atoms with Crippen molar-refractivity contribution in [3.8, 4) is 5.75 Å². The van der Waals surface area contributed by atoms with Crippen molar-refractivity contribution in [2.75, 3.05) is 13.7 Å². The van der Waals surface area contributed by atoms with Gasteiger partial charge in [-0.05, 0) is 24.3 Å². The van der Waals surface area contributed by atoms with Gasteiger partial charge in [-0.1, -0.05) is 30.3 Å². The highest BCUT2D eigenvalue weighted by atomic mass is 16.5. The maximum Gasteiger partial charge on any atom is 0.251 e. The predicted molar refractivity (Wildman–Crippen MR) is 76.1 cm³/mol. The molecule has 0 radical (unpaired) electrons. The highest BCUT2D eigenvalue weighted by Gasteiger charge is 2.10. The smallest absolute Gasteiger partial charge is 0.251 e. The normalized spacial score (nSPS) is 9.85. The monoisotopic (exact) mass is 269 g/mol. The molecule has 4 heteroatoms. The molecule has 0 aliphatic carbocycles. The molecule has 0 saturated heterocycles. The minimum absolute atomic E-state index is 0.0408. The molecule has 4 nitrogen and oxygen atoms in total. The number of ether oxygens (including phenoxy) is 1. The molecule has 0 aliphatic heterocycles. The molecule has 0 atom stereocenters. The molecule has 20 heavy (non-hydrogen) atoms. The van der Waals surface area contributed by atoms with Gasteiger partial charge in [-0.3, -0.25) is 9.59 Å². The van der Waals surface area contributed by atoms with E-state index in [-0.39, 0.29) is 18.2 Å². The number of Topliss-reactive ketones (excluding diaryl/α,β-unsaturated/α-hetero) is 1. The lowest BCUT2D eigenvalue weighted by Gasteiger charge is -2.06. The summed E-state index contributed by atoms with van der Waals surface area (Å²) < 4.78 is 5.06. The molecule has 1 N–H and O–H groups in total. The van der Waals surface area contributed by atoms with Crippen molar-refractivity contribution >= 4 is 11.7 Å². The number of carbonyl (C=O) groups excluding carboxylic acids is 2. The SMILES string of the molecule is COc1cccc(C(=O)CNC(=O)c2ccccc2)c1. The third-order valence-electron chi connectivity index (χ3n) is 2.84. The Morgan fingerprint density at radius 2 is 1.70 bits per heavy atom. The van der Waals surface area contributed by atoms with Crippen LogP contribution in [0, 0.1) is 0 Å². The average Bonchev–Trinajstić information content (AvgIpc) is 2.53. The highest BCUT2D eigenvalue weighted by Crippen LogP contribution is 2.12. The lowest BCUT2D eigenvalue weighted by atomic mass is 10.1. The lowest BCUT2D eigenvalue weighted by molar-refractivity contribution is 0.0904. The summed E-state index contributed by atoms with van der Waals surface area (Å²) in [7, 11) is 1.54. The summed E-state index contributed by atoms with van der Waals surface area (Å²) in [4.78, 5) is 23.8. The Bertz CT molecular complexity index is 608. The van der Waals surface area contributed by atoms with Gasteiger partial charge in [-0.15, -0.1) is 0 Å². The molecule has 2 rings (SSSR count). The van der Waals surface area contributed by atoms with E-state index in [9.17, 15) is 9.59 Å². The van der Waals surface area contributed by atoms with E-state index in [1.54, 1.807) is 55.6 Å². The zero-order valence-electron chi connectivity index (χ0n) is 11.1. The van der Waals surface area contributed by atoms with Gasteiger partial charge in [-0.25, -0.2) is 0 Å². The third kappa shape index (κ3) is 3.45. The summed E-state index contributed by atoms with van der Waals surface area (Å²) in [5.74, 6) is 0.195. The summed E-state index contributed by atoms with van der Waals surface area (Å²) in [6.07, 6.45) is 0. The van der Waals surface area contributed by atoms with Gasteiger partial charge in [0.1, 0.15) is 5.75 Å². The van der Waals surface area contributed by atoms with Gasteiger partial charge in [0.15, 0.2) is 5.78 Å². The van der Waals surface area contributed by atoms with Crippen LogP contribution in [0.25, 0.3) is 0 Å². The fourth-order valence-electron chi connectivity index (χ4n) is 1.75. The van der Waals surface area contributed by atoms with Gasteiger partial charge in [-0.2, -0.15) is 0 Å². The summed E-state index contributed by atoms with van der Waals surface area (Å²) in [6, 6.07) is 15.6. The Hall–Kier alpha value is -2.62. The minimum atomic E-state index is -0.262. The molecule has 2 aromatic rings. The van der Waals surface area contributed by atoms with Crippen LogP contribution in [0.3, 0.4) is 0 Å². The van der Waals surface area contributed by atoms with Gasteiger partial charge < -0.3 is 10.1 Å². The van der Waals surface area contributed by atoms with Gasteiger partial charge in [0.2, 0.25) is 0 Å². The van der Waals surface area contributed by atoms with Crippen LogP contribution in [0.4, 0.5) is 0 Å². The van der Waals surface area contributed by atoms with Crippen LogP contribution in [0.15, 0.2) is 54.6 Å². The maximum absolute atomic E-state index is 12.0. The second-order valence-electron chi connectivity index (χ2n) is 4.20. The van der Waals surface area contributed by atoms with Gasteiger partial charge in [0.25, 0.3) is 5.91 Å². The summed E-state index contributed by atoms with van der Waals surface area (Å²) in [5.41, 5.74) is 1.05. The largest absolute Gasteiger partial charge is 0.497 e. The first-order valence-electron chi connectivity index (χ1n) is 6.21. The number of ketones is 1. The fourth-order valence-corrected chi connectivity index (χ4v) is 1.75. The van der Waals surface area contributed by atoms with Crippen LogP contribution in [-0.4, -0.2) is 25.3 Å². The van der Waals surface area contributed by atoms with E-state index in [0.717, 1.165) is 0 Å².